The highest BCUT2D eigenvalue weighted by molar-refractivity contribution is 5.90. The second-order valence-corrected chi connectivity index (χ2v) is 7.26. The number of rotatable bonds is 3. The van der Waals surface area contributed by atoms with Crippen LogP contribution in [0.3, 0.4) is 0 Å². The number of aliphatic hydroxyl groups is 1. The van der Waals surface area contributed by atoms with E-state index in [1.165, 1.54) is 12.5 Å². The zero-order valence-electron chi connectivity index (χ0n) is 14.8. The number of aryl methyl sites for hydroxylation is 1. The molecule has 2 atom stereocenters. The fourth-order valence-corrected chi connectivity index (χ4v) is 4.02. The second kappa shape index (κ2) is 8.15. The van der Waals surface area contributed by atoms with Gasteiger partial charge in [0.2, 0.25) is 0 Å². The van der Waals surface area contributed by atoms with Crippen LogP contribution in [0.5, 0.6) is 0 Å². The zero-order chi connectivity index (χ0) is 17.8. The highest BCUT2D eigenvalue weighted by Gasteiger charge is 2.31. The van der Waals surface area contributed by atoms with Crippen LogP contribution >= 0.6 is 0 Å². The second-order valence-electron chi connectivity index (χ2n) is 7.26. The molecule has 1 saturated heterocycles. The van der Waals surface area contributed by atoms with E-state index in [9.17, 15) is 14.3 Å². The van der Waals surface area contributed by atoms with E-state index in [1.807, 2.05) is 0 Å². The topological polar surface area (TPSA) is 64.6 Å². The highest BCUT2D eigenvalue weighted by atomic mass is 19.1. The lowest BCUT2D eigenvalue weighted by Crippen LogP contribution is -2.52. The molecule has 0 unspecified atom stereocenters. The number of carbonyl (C=O) groups is 1. The molecule has 6 heteroatoms. The van der Waals surface area contributed by atoms with Crippen LogP contribution in [0, 0.1) is 12.7 Å². The Balaban J connectivity index is 1.48. The minimum atomic E-state index is -0.420. The van der Waals surface area contributed by atoms with Gasteiger partial charge in [-0.3, -0.25) is 4.90 Å². The molecule has 1 aromatic rings. The van der Waals surface area contributed by atoms with Crippen molar-refractivity contribution in [2.75, 3.05) is 18.4 Å². The predicted molar refractivity (Wildman–Crippen MR) is 96.1 cm³/mol. The zero-order valence-corrected chi connectivity index (χ0v) is 14.8. The Labute approximate surface area is 148 Å². The molecule has 1 aliphatic heterocycles. The Hall–Kier alpha value is -1.66. The molecule has 1 heterocycles. The summed E-state index contributed by atoms with van der Waals surface area (Å²) in [5.74, 6) is -0.420. The highest BCUT2D eigenvalue weighted by Crippen LogP contribution is 2.26. The number of benzene rings is 1. The molecule has 2 aliphatic rings. The largest absolute Gasteiger partial charge is 0.391 e. The van der Waals surface area contributed by atoms with Crippen molar-refractivity contribution in [3.63, 3.8) is 0 Å². The molecule has 2 amide bonds. The molecule has 1 aromatic carbocycles. The number of carbonyl (C=O) groups excluding carboxylic acids is 1. The Morgan fingerprint density at radius 3 is 2.60 bits per heavy atom. The van der Waals surface area contributed by atoms with E-state index in [-0.39, 0.29) is 29.9 Å². The summed E-state index contributed by atoms with van der Waals surface area (Å²) in [7, 11) is 0. The van der Waals surface area contributed by atoms with Gasteiger partial charge in [0.15, 0.2) is 0 Å². The van der Waals surface area contributed by atoms with Crippen molar-refractivity contribution in [2.24, 2.45) is 0 Å². The summed E-state index contributed by atoms with van der Waals surface area (Å²) in [5, 5.41) is 15.8. The van der Waals surface area contributed by atoms with Crippen molar-refractivity contribution in [3.8, 4) is 0 Å². The van der Waals surface area contributed by atoms with Gasteiger partial charge in [0.25, 0.3) is 0 Å². The lowest BCUT2D eigenvalue weighted by atomic mass is 9.89. The van der Waals surface area contributed by atoms with E-state index in [2.05, 4.69) is 15.5 Å². The standard InChI is InChI=1S/C19H28FN3O2/c1-13-5-4-6-15(20)18(13)22-19(25)21-14-9-11-23(12-10-14)16-7-2-3-8-17(16)24/h4-6,14,16-17,24H,2-3,7-12H2,1H3,(H2,21,22,25)/t16-,17+/m1/s1. The van der Waals surface area contributed by atoms with Crippen molar-refractivity contribution >= 4 is 11.7 Å². The van der Waals surface area contributed by atoms with Crippen molar-refractivity contribution in [1.82, 2.24) is 10.2 Å². The normalized spacial score (nSPS) is 25.6. The van der Waals surface area contributed by atoms with Crippen molar-refractivity contribution in [3.05, 3.63) is 29.6 Å². The quantitative estimate of drug-likeness (QED) is 0.786. The Morgan fingerprint density at radius 2 is 1.92 bits per heavy atom. The van der Waals surface area contributed by atoms with E-state index in [0.29, 0.717) is 5.56 Å². The van der Waals surface area contributed by atoms with Gasteiger partial charge in [-0.05, 0) is 44.2 Å². The van der Waals surface area contributed by atoms with Crippen LogP contribution in [-0.2, 0) is 0 Å². The predicted octanol–water partition coefficient (Wildman–Crippen LogP) is 3.02. The van der Waals surface area contributed by atoms with E-state index < -0.39 is 5.82 Å². The summed E-state index contributed by atoms with van der Waals surface area (Å²) in [4.78, 5) is 14.5. The van der Waals surface area contributed by atoms with E-state index in [0.717, 1.165) is 45.2 Å². The Kier molecular flexibility index (Phi) is 5.91. The van der Waals surface area contributed by atoms with Crippen molar-refractivity contribution in [2.45, 2.75) is 63.6 Å². The van der Waals surface area contributed by atoms with Crippen LogP contribution in [0.2, 0.25) is 0 Å². The molecule has 0 spiro atoms. The molecule has 25 heavy (non-hydrogen) atoms. The third-order valence-electron chi connectivity index (χ3n) is 5.49. The first-order chi connectivity index (χ1) is 12.0. The van der Waals surface area contributed by atoms with Crippen molar-refractivity contribution in [1.29, 1.82) is 0 Å². The van der Waals surface area contributed by atoms with Gasteiger partial charge in [0.1, 0.15) is 5.82 Å². The van der Waals surface area contributed by atoms with Crippen LogP contribution in [0.25, 0.3) is 0 Å². The van der Waals surface area contributed by atoms with Crippen LogP contribution in [-0.4, -0.2) is 47.3 Å². The molecule has 3 rings (SSSR count). The Morgan fingerprint density at radius 1 is 1.20 bits per heavy atom. The fourth-order valence-electron chi connectivity index (χ4n) is 4.02. The molecule has 138 valence electrons. The summed E-state index contributed by atoms with van der Waals surface area (Å²) in [6, 6.07) is 4.74. The van der Waals surface area contributed by atoms with Gasteiger partial charge >= 0.3 is 6.03 Å². The van der Waals surface area contributed by atoms with E-state index in [4.69, 9.17) is 0 Å². The first-order valence-electron chi connectivity index (χ1n) is 9.29. The molecule has 1 aliphatic carbocycles. The first-order valence-corrected chi connectivity index (χ1v) is 9.29. The van der Waals surface area contributed by atoms with E-state index in [1.54, 1.807) is 19.1 Å². The van der Waals surface area contributed by atoms with Gasteiger partial charge in [-0.1, -0.05) is 25.0 Å². The fraction of sp³-hybridized carbons (Fsp3) is 0.632. The van der Waals surface area contributed by atoms with Gasteiger partial charge in [0, 0.05) is 25.2 Å². The van der Waals surface area contributed by atoms with Gasteiger partial charge < -0.3 is 15.7 Å². The molecule has 2 fully saturated rings. The molecular formula is C19H28FN3O2. The number of halogens is 1. The average Bonchev–Trinajstić information content (AvgIpc) is 2.60. The maximum absolute atomic E-state index is 13.8. The van der Waals surface area contributed by atoms with Crippen LogP contribution in [0.1, 0.15) is 44.1 Å². The number of hydrogen-bond donors (Lipinski definition) is 3. The summed E-state index contributed by atoms with van der Waals surface area (Å²) >= 11 is 0. The molecule has 3 N–H and O–H groups in total. The number of amides is 2. The number of anilines is 1. The minimum absolute atomic E-state index is 0.0871. The smallest absolute Gasteiger partial charge is 0.319 e. The molecule has 0 bridgehead atoms. The number of para-hydroxylation sites is 1. The van der Waals surface area contributed by atoms with Crippen LogP contribution in [0.15, 0.2) is 18.2 Å². The van der Waals surface area contributed by atoms with E-state index >= 15 is 0 Å². The first kappa shape index (κ1) is 18.1. The van der Waals surface area contributed by atoms with Crippen LogP contribution in [0.4, 0.5) is 14.9 Å². The van der Waals surface area contributed by atoms with Gasteiger partial charge in [-0.15, -0.1) is 0 Å². The molecule has 5 nitrogen and oxygen atoms in total. The molecule has 0 radical (unpaired) electrons. The monoisotopic (exact) mass is 349 g/mol. The summed E-state index contributed by atoms with van der Waals surface area (Å²) in [6.45, 7) is 3.53. The SMILES string of the molecule is Cc1cccc(F)c1NC(=O)NC1CCN([C@@H]2CCCC[C@@H]2O)CC1. The molecule has 0 aromatic heterocycles. The summed E-state index contributed by atoms with van der Waals surface area (Å²) in [6.07, 6.45) is 5.75. The third-order valence-corrected chi connectivity index (χ3v) is 5.49. The van der Waals surface area contributed by atoms with Gasteiger partial charge in [-0.25, -0.2) is 9.18 Å². The summed E-state index contributed by atoms with van der Waals surface area (Å²) in [5.41, 5.74) is 0.944. The number of piperidine rings is 1. The molecular weight excluding hydrogens is 321 g/mol. The number of hydrogen-bond acceptors (Lipinski definition) is 3. The summed E-state index contributed by atoms with van der Waals surface area (Å²) < 4.78 is 13.8. The maximum atomic E-state index is 13.8. The number of aliphatic hydroxyl groups excluding tert-OH is 1. The number of nitrogens with zero attached hydrogens (tertiary/aromatic N) is 1. The third kappa shape index (κ3) is 4.50. The average molecular weight is 349 g/mol. The number of nitrogens with one attached hydrogen (secondary N) is 2. The lowest BCUT2D eigenvalue weighted by Gasteiger charge is -2.41. The minimum Gasteiger partial charge on any atom is -0.391 e. The Bertz CT molecular complexity index is 582. The lowest BCUT2D eigenvalue weighted by molar-refractivity contribution is 0.00786. The van der Waals surface area contributed by atoms with Gasteiger partial charge in [0.05, 0.1) is 11.8 Å². The van der Waals surface area contributed by atoms with Crippen LogP contribution < -0.4 is 10.6 Å². The number of urea groups is 1. The maximum Gasteiger partial charge on any atom is 0.319 e. The molecule has 1 saturated carbocycles. The van der Waals surface area contributed by atoms with Gasteiger partial charge in [-0.2, -0.15) is 0 Å². The number of likely N-dealkylation sites (tertiary alicyclic amines) is 1. The van der Waals surface area contributed by atoms with Crippen molar-refractivity contribution < 1.29 is 14.3 Å².